The zero-order valence-electron chi connectivity index (χ0n) is 8.77. The summed E-state index contributed by atoms with van der Waals surface area (Å²) in [6, 6.07) is 3.75. The van der Waals surface area contributed by atoms with Crippen molar-refractivity contribution in [1.29, 1.82) is 0 Å². The summed E-state index contributed by atoms with van der Waals surface area (Å²) in [5.74, 6) is 2.15. The van der Waals surface area contributed by atoms with Crippen LogP contribution in [-0.4, -0.2) is 15.0 Å². The zero-order valence-corrected chi connectivity index (χ0v) is 8.77. The Labute approximate surface area is 91.9 Å². The Hall–Kier alpha value is -2.31. The van der Waals surface area contributed by atoms with Gasteiger partial charge in [0.15, 0.2) is 0 Å². The van der Waals surface area contributed by atoms with Crippen LogP contribution < -0.4 is 16.8 Å². The van der Waals surface area contributed by atoms with Crippen molar-refractivity contribution in [2.24, 2.45) is 0 Å². The summed E-state index contributed by atoms with van der Waals surface area (Å²) >= 11 is 0. The number of nitrogens with two attached hydrogens (primary N) is 2. The molecule has 0 fully saturated rings. The van der Waals surface area contributed by atoms with Crippen LogP contribution in [0.2, 0.25) is 0 Å². The highest BCUT2D eigenvalue weighted by atomic mass is 16.3. The van der Waals surface area contributed by atoms with Crippen molar-refractivity contribution >= 4 is 17.8 Å². The smallest absolute Gasteiger partial charge is 0.229 e. The van der Waals surface area contributed by atoms with Gasteiger partial charge in [0.2, 0.25) is 17.8 Å². The van der Waals surface area contributed by atoms with E-state index < -0.39 is 0 Å². The molecule has 0 aromatic carbocycles. The first kappa shape index (κ1) is 10.2. The lowest BCUT2D eigenvalue weighted by atomic mass is 10.4. The minimum atomic E-state index is 0.0885. The third kappa shape index (κ3) is 2.38. The van der Waals surface area contributed by atoms with Crippen molar-refractivity contribution in [3.8, 4) is 0 Å². The second-order valence-electron chi connectivity index (χ2n) is 3.24. The minimum absolute atomic E-state index is 0.0885. The number of nitrogen functional groups attached to an aromatic ring is 2. The van der Waals surface area contributed by atoms with Crippen LogP contribution in [0.15, 0.2) is 16.5 Å². The van der Waals surface area contributed by atoms with E-state index in [9.17, 15) is 0 Å². The number of aromatic nitrogens is 3. The highest BCUT2D eigenvalue weighted by Gasteiger charge is 2.03. The fraction of sp³-hybridized carbons (Fsp3) is 0.222. The van der Waals surface area contributed by atoms with E-state index in [-0.39, 0.29) is 11.9 Å². The van der Waals surface area contributed by atoms with Crippen LogP contribution in [0.5, 0.6) is 0 Å². The van der Waals surface area contributed by atoms with Crippen molar-refractivity contribution in [2.45, 2.75) is 13.5 Å². The van der Waals surface area contributed by atoms with Gasteiger partial charge in [0.05, 0.1) is 6.54 Å². The van der Waals surface area contributed by atoms with Crippen molar-refractivity contribution in [2.75, 3.05) is 16.8 Å². The van der Waals surface area contributed by atoms with Crippen molar-refractivity contribution in [1.82, 2.24) is 15.0 Å². The molecule has 0 radical (unpaired) electrons. The molecule has 0 aliphatic carbocycles. The number of rotatable bonds is 3. The molecule has 0 amide bonds. The van der Waals surface area contributed by atoms with Gasteiger partial charge in [-0.1, -0.05) is 0 Å². The molecule has 2 aromatic heterocycles. The molecule has 7 heteroatoms. The Bertz CT molecular complexity index is 474. The third-order valence-electron chi connectivity index (χ3n) is 1.89. The quantitative estimate of drug-likeness (QED) is 0.691. The summed E-state index contributed by atoms with van der Waals surface area (Å²) in [6.07, 6.45) is 0. The van der Waals surface area contributed by atoms with Crippen LogP contribution in [-0.2, 0) is 6.54 Å². The number of hydrogen-bond acceptors (Lipinski definition) is 7. The average molecular weight is 220 g/mol. The van der Waals surface area contributed by atoms with Crippen molar-refractivity contribution in [3.05, 3.63) is 23.7 Å². The Balaban J connectivity index is 2.04. The van der Waals surface area contributed by atoms with Crippen LogP contribution in [0.25, 0.3) is 0 Å². The van der Waals surface area contributed by atoms with E-state index in [1.807, 2.05) is 19.1 Å². The summed E-state index contributed by atoms with van der Waals surface area (Å²) in [4.78, 5) is 11.4. The van der Waals surface area contributed by atoms with Crippen molar-refractivity contribution in [3.63, 3.8) is 0 Å². The molecule has 0 saturated carbocycles. The van der Waals surface area contributed by atoms with Gasteiger partial charge in [-0.2, -0.15) is 15.0 Å². The van der Waals surface area contributed by atoms with Gasteiger partial charge in [-0.05, 0) is 19.1 Å². The van der Waals surface area contributed by atoms with Crippen LogP contribution >= 0.6 is 0 Å². The maximum Gasteiger partial charge on any atom is 0.229 e. The first-order valence-electron chi connectivity index (χ1n) is 4.70. The van der Waals surface area contributed by atoms with Gasteiger partial charge in [0, 0.05) is 0 Å². The molecule has 0 spiro atoms. The van der Waals surface area contributed by atoms with Gasteiger partial charge < -0.3 is 21.2 Å². The van der Waals surface area contributed by atoms with Gasteiger partial charge in [0.1, 0.15) is 11.5 Å². The SMILES string of the molecule is Cc1ccc(CNc2nc(N)nc(N)n2)o1. The number of nitrogens with zero attached hydrogens (tertiary/aromatic N) is 3. The molecule has 84 valence electrons. The summed E-state index contributed by atoms with van der Waals surface area (Å²) in [5, 5.41) is 2.94. The highest BCUT2D eigenvalue weighted by molar-refractivity contribution is 5.37. The maximum absolute atomic E-state index is 5.43. The second kappa shape index (κ2) is 4.05. The first-order valence-corrected chi connectivity index (χ1v) is 4.70. The molecule has 2 heterocycles. The Kier molecular flexibility index (Phi) is 2.59. The Morgan fingerprint density at radius 1 is 1.19 bits per heavy atom. The third-order valence-corrected chi connectivity index (χ3v) is 1.89. The molecule has 16 heavy (non-hydrogen) atoms. The van der Waals surface area contributed by atoms with E-state index in [4.69, 9.17) is 15.9 Å². The molecule has 0 bridgehead atoms. The topological polar surface area (TPSA) is 116 Å². The molecule has 0 aliphatic rings. The van der Waals surface area contributed by atoms with Gasteiger partial charge in [0.25, 0.3) is 0 Å². The molecule has 0 unspecified atom stereocenters. The largest absolute Gasteiger partial charge is 0.465 e. The summed E-state index contributed by atoms with van der Waals surface area (Å²) in [7, 11) is 0. The van der Waals surface area contributed by atoms with Crippen LogP contribution in [0.1, 0.15) is 11.5 Å². The van der Waals surface area contributed by atoms with E-state index >= 15 is 0 Å². The molecule has 0 saturated heterocycles. The minimum Gasteiger partial charge on any atom is -0.465 e. The molecule has 2 aromatic rings. The standard InChI is InChI=1S/C9H12N6O/c1-5-2-3-6(16-5)4-12-9-14-7(10)13-8(11)15-9/h2-3H,4H2,1H3,(H5,10,11,12,13,14,15). The van der Waals surface area contributed by atoms with Crippen LogP contribution in [0.4, 0.5) is 17.8 Å². The summed E-state index contributed by atoms with van der Waals surface area (Å²) in [5.41, 5.74) is 10.9. The van der Waals surface area contributed by atoms with Crippen LogP contribution in [0.3, 0.4) is 0 Å². The summed E-state index contributed by atoms with van der Waals surface area (Å²) < 4.78 is 5.37. The molecular weight excluding hydrogens is 208 g/mol. The lowest BCUT2D eigenvalue weighted by Crippen LogP contribution is -2.08. The average Bonchev–Trinajstić information content (AvgIpc) is 2.60. The predicted octanol–water partition coefficient (Wildman–Crippen LogP) is 0.550. The maximum atomic E-state index is 5.43. The van der Waals surface area contributed by atoms with Crippen molar-refractivity contribution < 1.29 is 4.42 Å². The Morgan fingerprint density at radius 2 is 1.88 bits per heavy atom. The second-order valence-corrected chi connectivity index (χ2v) is 3.24. The lowest BCUT2D eigenvalue weighted by Gasteiger charge is -2.03. The fourth-order valence-corrected chi connectivity index (χ4v) is 1.23. The lowest BCUT2D eigenvalue weighted by molar-refractivity contribution is 0.490. The first-order chi connectivity index (χ1) is 7.63. The molecule has 5 N–H and O–H groups in total. The van der Waals surface area contributed by atoms with E-state index in [0.717, 1.165) is 11.5 Å². The molecular formula is C9H12N6O. The summed E-state index contributed by atoms with van der Waals surface area (Å²) in [6.45, 7) is 2.35. The van der Waals surface area contributed by atoms with E-state index in [0.29, 0.717) is 12.5 Å². The number of nitrogens with one attached hydrogen (secondary N) is 1. The van der Waals surface area contributed by atoms with E-state index in [1.165, 1.54) is 0 Å². The number of aryl methyl sites for hydroxylation is 1. The highest BCUT2D eigenvalue weighted by Crippen LogP contribution is 2.09. The Morgan fingerprint density at radius 3 is 2.44 bits per heavy atom. The monoisotopic (exact) mass is 220 g/mol. The van der Waals surface area contributed by atoms with E-state index in [2.05, 4.69) is 20.3 Å². The molecule has 7 nitrogen and oxygen atoms in total. The molecule has 0 aliphatic heterocycles. The molecule has 2 rings (SSSR count). The van der Waals surface area contributed by atoms with Gasteiger partial charge >= 0.3 is 0 Å². The fourth-order valence-electron chi connectivity index (χ4n) is 1.23. The normalized spacial score (nSPS) is 10.3. The van der Waals surface area contributed by atoms with Gasteiger partial charge in [-0.15, -0.1) is 0 Å². The number of furan rings is 1. The number of anilines is 3. The van der Waals surface area contributed by atoms with Gasteiger partial charge in [-0.3, -0.25) is 0 Å². The van der Waals surface area contributed by atoms with Crippen LogP contribution in [0, 0.1) is 6.92 Å². The molecule has 0 atom stereocenters. The van der Waals surface area contributed by atoms with Gasteiger partial charge in [-0.25, -0.2) is 0 Å². The van der Waals surface area contributed by atoms with E-state index in [1.54, 1.807) is 0 Å². The zero-order chi connectivity index (χ0) is 11.5. The predicted molar refractivity (Wildman–Crippen MR) is 59.4 cm³/mol. The number of hydrogen-bond donors (Lipinski definition) is 3.